The van der Waals surface area contributed by atoms with E-state index < -0.39 is 0 Å². The molecule has 0 aliphatic carbocycles. The first-order valence-corrected chi connectivity index (χ1v) is 6.37. The topological polar surface area (TPSA) is 39.2 Å². The number of aromatic nitrogens is 1. The Kier molecular flexibility index (Phi) is 3.42. The number of fused-ring (bicyclic) bond motifs is 1. The zero-order valence-corrected chi connectivity index (χ0v) is 10.8. The second-order valence-electron chi connectivity index (χ2n) is 4.47. The number of hydrogen-bond acceptors (Lipinski definition) is 3. The predicted molar refractivity (Wildman–Crippen MR) is 77.9 cm³/mol. The molecule has 0 saturated heterocycles. The van der Waals surface area contributed by atoms with Gasteiger partial charge in [0.05, 0.1) is 5.52 Å². The summed E-state index contributed by atoms with van der Waals surface area (Å²) >= 11 is 0. The van der Waals surface area contributed by atoms with Crippen molar-refractivity contribution < 1.29 is 9.53 Å². The summed E-state index contributed by atoms with van der Waals surface area (Å²) in [5.74, 6) is 0.734. The highest BCUT2D eigenvalue weighted by molar-refractivity contribution is 5.96. The molecule has 0 N–H and O–H groups in total. The molecule has 0 aliphatic heterocycles. The maximum Gasteiger partial charge on any atom is 0.150 e. The van der Waals surface area contributed by atoms with Gasteiger partial charge >= 0.3 is 0 Å². The van der Waals surface area contributed by atoms with Gasteiger partial charge in [-0.05, 0) is 29.8 Å². The van der Waals surface area contributed by atoms with E-state index in [1.54, 1.807) is 12.3 Å². The Labute approximate surface area is 116 Å². The molecule has 0 radical (unpaired) electrons. The van der Waals surface area contributed by atoms with E-state index in [4.69, 9.17) is 4.74 Å². The molecule has 3 nitrogen and oxygen atoms in total. The minimum Gasteiger partial charge on any atom is -0.489 e. The van der Waals surface area contributed by atoms with Crippen molar-refractivity contribution in [3.63, 3.8) is 0 Å². The SMILES string of the molecule is O=Cc1ccnc2ccc(OCc3ccccc3)cc12. The van der Waals surface area contributed by atoms with E-state index in [0.29, 0.717) is 12.2 Å². The fourth-order valence-corrected chi connectivity index (χ4v) is 2.08. The van der Waals surface area contributed by atoms with E-state index in [2.05, 4.69) is 4.98 Å². The van der Waals surface area contributed by atoms with Gasteiger partial charge in [0.25, 0.3) is 0 Å². The van der Waals surface area contributed by atoms with Crippen molar-refractivity contribution in [1.82, 2.24) is 4.98 Å². The molecule has 0 spiro atoms. The van der Waals surface area contributed by atoms with Crippen molar-refractivity contribution in [2.75, 3.05) is 0 Å². The van der Waals surface area contributed by atoms with E-state index in [-0.39, 0.29) is 0 Å². The maximum absolute atomic E-state index is 11.0. The zero-order valence-electron chi connectivity index (χ0n) is 10.8. The van der Waals surface area contributed by atoms with Crippen LogP contribution in [-0.4, -0.2) is 11.3 Å². The summed E-state index contributed by atoms with van der Waals surface area (Å²) in [6.07, 6.45) is 2.47. The maximum atomic E-state index is 11.0. The molecular formula is C17H13NO2. The van der Waals surface area contributed by atoms with Crippen LogP contribution in [0.3, 0.4) is 0 Å². The van der Waals surface area contributed by atoms with Crippen LogP contribution in [0, 0.1) is 0 Å². The minimum atomic E-state index is 0.503. The number of ether oxygens (including phenoxy) is 1. The molecule has 3 heteroatoms. The van der Waals surface area contributed by atoms with Gasteiger partial charge in [-0.1, -0.05) is 30.3 Å². The highest BCUT2D eigenvalue weighted by atomic mass is 16.5. The molecular weight excluding hydrogens is 250 g/mol. The van der Waals surface area contributed by atoms with Gasteiger partial charge in [0.15, 0.2) is 6.29 Å². The summed E-state index contributed by atoms with van der Waals surface area (Å²) in [7, 11) is 0. The first kappa shape index (κ1) is 12.4. The normalized spacial score (nSPS) is 10.4. The van der Waals surface area contributed by atoms with Gasteiger partial charge in [-0.3, -0.25) is 9.78 Å². The zero-order chi connectivity index (χ0) is 13.8. The van der Waals surface area contributed by atoms with Crippen LogP contribution in [0.15, 0.2) is 60.8 Å². The lowest BCUT2D eigenvalue weighted by atomic mass is 10.1. The fourth-order valence-electron chi connectivity index (χ4n) is 2.08. The molecule has 0 atom stereocenters. The van der Waals surface area contributed by atoms with Crippen molar-refractivity contribution in [2.24, 2.45) is 0 Å². The van der Waals surface area contributed by atoms with Gasteiger partial charge in [0, 0.05) is 17.1 Å². The number of benzene rings is 2. The Balaban J connectivity index is 1.87. The van der Waals surface area contributed by atoms with Crippen LogP contribution in [0.4, 0.5) is 0 Å². The Morgan fingerprint density at radius 3 is 2.70 bits per heavy atom. The standard InChI is InChI=1S/C17H13NO2/c19-11-14-8-9-18-17-7-6-15(10-16(14)17)20-12-13-4-2-1-3-5-13/h1-11H,12H2. The molecule has 0 fully saturated rings. The Hall–Kier alpha value is -2.68. The number of carbonyl (C=O) groups is 1. The molecule has 0 amide bonds. The van der Waals surface area contributed by atoms with Gasteiger partial charge in [0.1, 0.15) is 12.4 Å². The van der Waals surface area contributed by atoms with Gasteiger partial charge in [-0.25, -0.2) is 0 Å². The lowest BCUT2D eigenvalue weighted by Gasteiger charge is -2.08. The van der Waals surface area contributed by atoms with Crippen molar-refractivity contribution in [2.45, 2.75) is 6.61 Å². The van der Waals surface area contributed by atoms with Crippen molar-refractivity contribution in [3.05, 3.63) is 71.9 Å². The first-order valence-electron chi connectivity index (χ1n) is 6.37. The number of carbonyl (C=O) groups excluding carboxylic acids is 1. The Bertz CT molecular complexity index is 738. The van der Waals surface area contributed by atoms with Crippen LogP contribution in [0.25, 0.3) is 10.9 Å². The van der Waals surface area contributed by atoms with Crippen molar-refractivity contribution in [3.8, 4) is 5.75 Å². The molecule has 98 valence electrons. The highest BCUT2D eigenvalue weighted by Gasteiger charge is 2.03. The number of nitrogens with zero attached hydrogens (tertiary/aromatic N) is 1. The monoisotopic (exact) mass is 263 g/mol. The van der Waals surface area contributed by atoms with E-state index in [1.807, 2.05) is 48.5 Å². The number of pyridine rings is 1. The highest BCUT2D eigenvalue weighted by Crippen LogP contribution is 2.22. The molecule has 1 heterocycles. The third-order valence-corrected chi connectivity index (χ3v) is 3.12. The first-order chi connectivity index (χ1) is 9.86. The summed E-state index contributed by atoms with van der Waals surface area (Å²) < 4.78 is 5.76. The third kappa shape index (κ3) is 2.52. The Morgan fingerprint density at radius 2 is 1.90 bits per heavy atom. The van der Waals surface area contributed by atoms with E-state index in [1.165, 1.54) is 0 Å². The molecule has 0 bridgehead atoms. The third-order valence-electron chi connectivity index (χ3n) is 3.12. The van der Waals surface area contributed by atoms with E-state index >= 15 is 0 Å². The van der Waals surface area contributed by atoms with E-state index in [9.17, 15) is 4.79 Å². The smallest absolute Gasteiger partial charge is 0.150 e. The lowest BCUT2D eigenvalue weighted by molar-refractivity contribution is 0.112. The number of rotatable bonds is 4. The van der Waals surface area contributed by atoms with Gasteiger partial charge < -0.3 is 4.74 Å². The van der Waals surface area contributed by atoms with Gasteiger partial charge in [-0.15, -0.1) is 0 Å². The molecule has 0 aliphatic rings. The summed E-state index contributed by atoms with van der Waals surface area (Å²) in [4.78, 5) is 15.3. The molecule has 0 saturated carbocycles. The van der Waals surface area contributed by atoms with Crippen LogP contribution in [0.2, 0.25) is 0 Å². The predicted octanol–water partition coefficient (Wildman–Crippen LogP) is 3.63. The number of aldehydes is 1. The molecule has 20 heavy (non-hydrogen) atoms. The van der Waals surface area contributed by atoms with Gasteiger partial charge in [-0.2, -0.15) is 0 Å². The quantitative estimate of drug-likeness (QED) is 0.675. The second kappa shape index (κ2) is 5.53. The number of hydrogen-bond donors (Lipinski definition) is 0. The minimum absolute atomic E-state index is 0.503. The molecule has 1 aromatic heterocycles. The summed E-state index contributed by atoms with van der Waals surface area (Å²) in [5, 5.41) is 0.813. The largest absolute Gasteiger partial charge is 0.489 e. The average molecular weight is 263 g/mol. The van der Waals surface area contributed by atoms with Crippen LogP contribution in [0.1, 0.15) is 15.9 Å². The van der Waals surface area contributed by atoms with Crippen molar-refractivity contribution >= 4 is 17.2 Å². The van der Waals surface area contributed by atoms with Crippen LogP contribution >= 0.6 is 0 Å². The second-order valence-corrected chi connectivity index (χ2v) is 4.47. The van der Waals surface area contributed by atoms with Crippen LogP contribution < -0.4 is 4.74 Å². The summed E-state index contributed by atoms with van der Waals surface area (Å²) in [6, 6.07) is 17.3. The molecule has 3 rings (SSSR count). The molecule has 2 aromatic carbocycles. The van der Waals surface area contributed by atoms with Crippen LogP contribution in [0.5, 0.6) is 5.75 Å². The molecule has 3 aromatic rings. The summed E-state index contributed by atoms with van der Waals surface area (Å²) in [5.41, 5.74) is 2.52. The van der Waals surface area contributed by atoms with Crippen molar-refractivity contribution in [1.29, 1.82) is 0 Å². The lowest BCUT2D eigenvalue weighted by Crippen LogP contribution is -1.95. The summed E-state index contributed by atoms with van der Waals surface area (Å²) in [6.45, 7) is 0.503. The van der Waals surface area contributed by atoms with Crippen LogP contribution in [-0.2, 0) is 6.61 Å². The van der Waals surface area contributed by atoms with E-state index in [0.717, 1.165) is 28.5 Å². The fraction of sp³-hybridized carbons (Fsp3) is 0.0588. The Morgan fingerprint density at radius 1 is 1.05 bits per heavy atom. The molecule has 0 unspecified atom stereocenters. The van der Waals surface area contributed by atoms with Gasteiger partial charge in [0.2, 0.25) is 0 Å². The average Bonchev–Trinajstić information content (AvgIpc) is 2.53.